The maximum absolute atomic E-state index is 3.71. The molecule has 1 aliphatic heterocycles. The minimum atomic E-state index is -0.0710. The molecule has 1 heterocycles. The second-order valence-electron chi connectivity index (χ2n) is 10.0. The normalized spacial score (nSPS) is 16.7. The zero-order chi connectivity index (χ0) is 22.3. The van der Waals surface area contributed by atoms with E-state index in [1.54, 1.807) is 0 Å². The molecule has 0 amide bonds. The Balaban J connectivity index is 1.61. The first-order valence-corrected chi connectivity index (χ1v) is 12.0. The van der Waals surface area contributed by atoms with Gasteiger partial charge in [0.25, 0.3) is 0 Å². The third-order valence-corrected chi connectivity index (χ3v) is 8.01. The van der Waals surface area contributed by atoms with Crippen LogP contribution in [-0.2, 0) is 10.8 Å². The Morgan fingerprint density at radius 1 is 0.562 bits per heavy atom. The van der Waals surface area contributed by atoms with E-state index in [9.17, 15) is 0 Å². The molecule has 0 radical (unpaired) electrons. The fourth-order valence-corrected chi connectivity index (χ4v) is 6.15. The minimum absolute atomic E-state index is 0.0148. The first-order chi connectivity index (χ1) is 15.3. The number of nitrogens with zero attached hydrogens (tertiary/aromatic N) is 1. The van der Waals surface area contributed by atoms with Gasteiger partial charge in [0.2, 0.25) is 0 Å². The maximum Gasteiger partial charge on any atom is 0.0503 e. The Morgan fingerprint density at radius 2 is 1.19 bits per heavy atom. The Labute approximate surface area is 198 Å². The van der Waals surface area contributed by atoms with Crippen molar-refractivity contribution in [2.75, 3.05) is 4.90 Å². The molecule has 2 aliphatic rings. The second kappa shape index (κ2) is 6.59. The number of halogens is 1. The van der Waals surface area contributed by atoms with Crippen molar-refractivity contribution in [2.45, 2.75) is 38.5 Å². The van der Waals surface area contributed by atoms with Crippen molar-refractivity contribution in [3.63, 3.8) is 0 Å². The SMILES string of the molecule is CC1(C)c2ccccc2-c2ccc(N3c4ccccc4C(C)(C)c4cc(Br)ccc43)cc21. The van der Waals surface area contributed by atoms with E-state index >= 15 is 0 Å². The van der Waals surface area contributed by atoms with Crippen molar-refractivity contribution in [2.24, 2.45) is 0 Å². The average molecular weight is 480 g/mol. The van der Waals surface area contributed by atoms with Crippen LogP contribution >= 0.6 is 15.9 Å². The van der Waals surface area contributed by atoms with E-state index < -0.39 is 0 Å². The monoisotopic (exact) mass is 479 g/mol. The smallest absolute Gasteiger partial charge is 0.0503 e. The maximum atomic E-state index is 3.71. The number of hydrogen-bond donors (Lipinski definition) is 0. The summed E-state index contributed by atoms with van der Waals surface area (Å²) in [7, 11) is 0. The van der Waals surface area contributed by atoms with Crippen LogP contribution in [0, 0.1) is 0 Å². The molecule has 4 aromatic rings. The van der Waals surface area contributed by atoms with Crippen LogP contribution in [0.2, 0.25) is 0 Å². The van der Waals surface area contributed by atoms with E-state index in [1.165, 1.54) is 50.4 Å². The first kappa shape index (κ1) is 19.8. The Hall–Kier alpha value is -2.84. The Kier molecular flexibility index (Phi) is 4.08. The highest BCUT2D eigenvalue weighted by Gasteiger charge is 2.39. The Bertz CT molecular complexity index is 1400. The highest BCUT2D eigenvalue weighted by atomic mass is 79.9. The summed E-state index contributed by atoms with van der Waals surface area (Å²) in [6.07, 6.45) is 0. The van der Waals surface area contributed by atoms with Crippen LogP contribution in [0.25, 0.3) is 11.1 Å². The van der Waals surface area contributed by atoms with Crippen molar-refractivity contribution in [3.05, 3.63) is 112 Å². The fourth-order valence-electron chi connectivity index (χ4n) is 5.79. The fraction of sp³-hybridized carbons (Fsp3) is 0.200. The molecule has 6 rings (SSSR count). The van der Waals surface area contributed by atoms with Gasteiger partial charge >= 0.3 is 0 Å². The van der Waals surface area contributed by atoms with Crippen molar-refractivity contribution in [1.82, 2.24) is 0 Å². The summed E-state index contributed by atoms with van der Waals surface area (Å²) in [5, 5.41) is 0. The lowest BCUT2D eigenvalue weighted by molar-refractivity contribution is 0.631. The summed E-state index contributed by atoms with van der Waals surface area (Å²) in [4.78, 5) is 2.45. The zero-order valence-corrected chi connectivity index (χ0v) is 20.5. The van der Waals surface area contributed by atoms with Crippen molar-refractivity contribution in [1.29, 1.82) is 0 Å². The van der Waals surface area contributed by atoms with Gasteiger partial charge in [-0.3, -0.25) is 0 Å². The highest BCUT2D eigenvalue weighted by Crippen LogP contribution is 2.54. The quantitative estimate of drug-likeness (QED) is 0.263. The highest BCUT2D eigenvalue weighted by molar-refractivity contribution is 9.10. The van der Waals surface area contributed by atoms with E-state index in [2.05, 4.69) is 133 Å². The van der Waals surface area contributed by atoms with Crippen LogP contribution in [0.5, 0.6) is 0 Å². The summed E-state index contributed by atoms with van der Waals surface area (Å²) in [6, 6.07) is 31.4. The predicted molar refractivity (Wildman–Crippen MR) is 139 cm³/mol. The van der Waals surface area contributed by atoms with Crippen molar-refractivity contribution < 1.29 is 0 Å². The summed E-state index contributed by atoms with van der Waals surface area (Å²) in [5.74, 6) is 0. The molecule has 4 aromatic carbocycles. The summed E-state index contributed by atoms with van der Waals surface area (Å²) in [5.41, 5.74) is 11.9. The lowest BCUT2D eigenvalue weighted by atomic mass is 9.73. The Morgan fingerprint density at radius 3 is 2.00 bits per heavy atom. The lowest BCUT2D eigenvalue weighted by Crippen LogP contribution is -2.30. The van der Waals surface area contributed by atoms with Crippen LogP contribution in [0.3, 0.4) is 0 Å². The van der Waals surface area contributed by atoms with E-state index in [0.717, 1.165) is 4.47 Å². The zero-order valence-electron chi connectivity index (χ0n) is 18.9. The van der Waals surface area contributed by atoms with E-state index in [1.807, 2.05) is 0 Å². The van der Waals surface area contributed by atoms with Crippen LogP contribution < -0.4 is 4.90 Å². The van der Waals surface area contributed by atoms with Crippen LogP contribution in [-0.4, -0.2) is 0 Å². The topological polar surface area (TPSA) is 3.24 Å². The molecular formula is C30H26BrN. The molecule has 2 heteroatoms. The van der Waals surface area contributed by atoms with Crippen molar-refractivity contribution in [3.8, 4) is 11.1 Å². The van der Waals surface area contributed by atoms with Gasteiger partial charge in [-0.05, 0) is 69.8 Å². The molecule has 0 bridgehead atoms. The molecule has 0 atom stereocenters. The molecule has 0 N–H and O–H groups in total. The molecule has 0 aromatic heterocycles. The molecule has 0 fully saturated rings. The summed E-state index contributed by atoms with van der Waals surface area (Å²) >= 11 is 3.71. The molecule has 158 valence electrons. The van der Waals surface area contributed by atoms with Crippen molar-refractivity contribution >= 4 is 33.0 Å². The second-order valence-corrected chi connectivity index (χ2v) is 11.0. The molecule has 0 saturated carbocycles. The lowest BCUT2D eigenvalue weighted by Gasteiger charge is -2.42. The van der Waals surface area contributed by atoms with Gasteiger partial charge in [0.05, 0.1) is 11.4 Å². The van der Waals surface area contributed by atoms with Gasteiger partial charge in [0.1, 0.15) is 0 Å². The molecule has 0 unspecified atom stereocenters. The number of anilines is 3. The minimum Gasteiger partial charge on any atom is -0.310 e. The number of fused-ring (bicyclic) bond motifs is 5. The number of hydrogen-bond acceptors (Lipinski definition) is 1. The van der Waals surface area contributed by atoms with E-state index in [0.29, 0.717) is 0 Å². The molecule has 32 heavy (non-hydrogen) atoms. The third-order valence-electron chi connectivity index (χ3n) is 7.52. The summed E-state index contributed by atoms with van der Waals surface area (Å²) in [6.45, 7) is 9.35. The van der Waals surface area contributed by atoms with Gasteiger partial charge in [-0.1, -0.05) is 92.2 Å². The van der Waals surface area contributed by atoms with Gasteiger partial charge in [0.15, 0.2) is 0 Å². The van der Waals surface area contributed by atoms with Crippen LogP contribution in [0.15, 0.2) is 89.4 Å². The van der Waals surface area contributed by atoms with Crippen LogP contribution in [0.1, 0.15) is 49.9 Å². The predicted octanol–water partition coefficient (Wildman–Crippen LogP) is 8.86. The van der Waals surface area contributed by atoms with E-state index in [-0.39, 0.29) is 10.8 Å². The average Bonchev–Trinajstić information content (AvgIpc) is 3.02. The van der Waals surface area contributed by atoms with Gasteiger partial charge in [0, 0.05) is 21.0 Å². The van der Waals surface area contributed by atoms with Gasteiger partial charge in [-0.25, -0.2) is 0 Å². The third kappa shape index (κ3) is 2.56. The molecular weight excluding hydrogens is 454 g/mol. The molecule has 1 nitrogen and oxygen atoms in total. The number of rotatable bonds is 1. The van der Waals surface area contributed by atoms with Gasteiger partial charge < -0.3 is 4.90 Å². The molecule has 1 aliphatic carbocycles. The first-order valence-electron chi connectivity index (χ1n) is 11.2. The standard InChI is InChI=1S/C30H26BrN/c1-29(2)23-10-6-5-9-21(23)22-15-14-20(18-25(22)29)32-27-12-8-7-11-24(27)30(3,4)26-17-19(31)13-16-28(26)32/h5-18H,1-4H3. The number of benzene rings is 4. The summed E-state index contributed by atoms with van der Waals surface area (Å²) < 4.78 is 1.12. The number of para-hydroxylation sites is 1. The largest absolute Gasteiger partial charge is 0.310 e. The molecule has 0 spiro atoms. The van der Waals surface area contributed by atoms with Crippen LogP contribution in [0.4, 0.5) is 17.1 Å². The molecule has 0 saturated heterocycles. The van der Waals surface area contributed by atoms with Gasteiger partial charge in [-0.2, -0.15) is 0 Å². The van der Waals surface area contributed by atoms with E-state index in [4.69, 9.17) is 0 Å². The van der Waals surface area contributed by atoms with Gasteiger partial charge in [-0.15, -0.1) is 0 Å².